The number of fused-ring (bicyclic) bond motifs is 1. The molecule has 0 bridgehead atoms. The smallest absolute Gasteiger partial charge is 0.261 e. The number of aryl methyl sites for hydroxylation is 1. The Kier molecular flexibility index (Phi) is 7.50. The van der Waals surface area contributed by atoms with Crippen LogP contribution < -0.4 is 0 Å². The van der Waals surface area contributed by atoms with Crippen LogP contribution in [0.5, 0.6) is 0 Å². The fourth-order valence-corrected chi connectivity index (χ4v) is 4.19. The van der Waals surface area contributed by atoms with Gasteiger partial charge in [-0.1, -0.05) is 54.6 Å². The summed E-state index contributed by atoms with van der Waals surface area (Å²) in [7, 11) is 1.62. The first-order chi connectivity index (χ1) is 16.6. The summed E-state index contributed by atoms with van der Waals surface area (Å²) in [5.41, 5.74) is 3.35. The molecule has 0 radical (unpaired) electrons. The second-order valence-electron chi connectivity index (χ2n) is 8.32. The molecule has 0 saturated carbocycles. The van der Waals surface area contributed by atoms with Crippen molar-refractivity contribution in [2.45, 2.75) is 19.4 Å². The van der Waals surface area contributed by atoms with Gasteiger partial charge in [0.25, 0.3) is 17.7 Å². The monoisotopic (exact) mass is 456 g/mol. The van der Waals surface area contributed by atoms with Gasteiger partial charge in [-0.05, 0) is 48.2 Å². The van der Waals surface area contributed by atoms with Gasteiger partial charge in [0.2, 0.25) is 0 Å². The molecule has 1 aliphatic rings. The highest BCUT2D eigenvalue weighted by molar-refractivity contribution is 6.21. The van der Waals surface area contributed by atoms with Crippen LogP contribution in [0, 0.1) is 0 Å². The molecule has 6 heteroatoms. The molecule has 0 saturated heterocycles. The fourth-order valence-electron chi connectivity index (χ4n) is 4.19. The number of rotatable bonds is 10. The zero-order valence-corrected chi connectivity index (χ0v) is 19.3. The van der Waals surface area contributed by atoms with Gasteiger partial charge >= 0.3 is 0 Å². The van der Waals surface area contributed by atoms with Crippen LogP contribution in [0.3, 0.4) is 0 Å². The molecule has 0 atom stereocenters. The van der Waals surface area contributed by atoms with E-state index in [0.717, 1.165) is 18.4 Å². The predicted molar refractivity (Wildman–Crippen MR) is 130 cm³/mol. The van der Waals surface area contributed by atoms with Crippen molar-refractivity contribution in [3.05, 3.63) is 107 Å². The van der Waals surface area contributed by atoms with Gasteiger partial charge in [0.15, 0.2) is 0 Å². The molecule has 174 valence electrons. The number of amides is 3. The summed E-state index contributed by atoms with van der Waals surface area (Å²) >= 11 is 0. The number of hydrogen-bond acceptors (Lipinski definition) is 4. The molecule has 3 amide bonds. The van der Waals surface area contributed by atoms with E-state index < -0.39 is 0 Å². The minimum Gasteiger partial charge on any atom is -0.383 e. The summed E-state index contributed by atoms with van der Waals surface area (Å²) in [6, 6.07) is 24.2. The predicted octanol–water partition coefficient (Wildman–Crippen LogP) is 4.20. The Labute approximate surface area is 199 Å². The fraction of sp³-hybridized carbons (Fsp3) is 0.250. The van der Waals surface area contributed by atoms with E-state index in [1.54, 1.807) is 54.5 Å². The summed E-state index contributed by atoms with van der Waals surface area (Å²) in [4.78, 5) is 41.8. The van der Waals surface area contributed by atoms with Crippen LogP contribution in [0.2, 0.25) is 0 Å². The quantitative estimate of drug-likeness (QED) is 0.429. The van der Waals surface area contributed by atoms with Crippen LogP contribution >= 0.6 is 0 Å². The number of carbonyl (C=O) groups is 3. The Bertz CT molecular complexity index is 1140. The second-order valence-corrected chi connectivity index (χ2v) is 8.32. The molecule has 0 unspecified atom stereocenters. The standard InChI is InChI=1S/C28H28N2O4/c1-34-18-17-29(16-8-12-21-9-3-2-4-10-21)26(31)23-13-7-11-22(19-23)20-30-27(32)24-14-5-6-15-25(24)28(30)33/h2-7,9-11,13-15,19H,8,12,16-18,20H2,1H3. The molecule has 6 nitrogen and oxygen atoms in total. The highest BCUT2D eigenvalue weighted by Gasteiger charge is 2.35. The summed E-state index contributed by atoms with van der Waals surface area (Å²) < 4.78 is 5.21. The molecular formula is C28H28N2O4. The van der Waals surface area contributed by atoms with Crippen molar-refractivity contribution in [2.24, 2.45) is 0 Å². The lowest BCUT2D eigenvalue weighted by molar-refractivity contribution is 0.0642. The Hall–Kier alpha value is -3.77. The van der Waals surface area contributed by atoms with E-state index in [-0.39, 0.29) is 24.3 Å². The number of methoxy groups -OCH3 is 1. The van der Waals surface area contributed by atoms with E-state index in [0.29, 0.717) is 36.4 Å². The molecule has 3 aromatic rings. The molecule has 1 aliphatic heterocycles. The maximum atomic E-state index is 13.3. The average molecular weight is 457 g/mol. The van der Waals surface area contributed by atoms with Gasteiger partial charge in [0.1, 0.15) is 0 Å². The molecule has 0 spiro atoms. The van der Waals surface area contributed by atoms with Crippen molar-refractivity contribution >= 4 is 17.7 Å². The van der Waals surface area contributed by atoms with Crippen LogP contribution in [0.15, 0.2) is 78.9 Å². The number of carbonyl (C=O) groups excluding carboxylic acids is 3. The minimum absolute atomic E-state index is 0.0886. The van der Waals surface area contributed by atoms with Crippen molar-refractivity contribution in [2.75, 3.05) is 26.8 Å². The van der Waals surface area contributed by atoms with Crippen molar-refractivity contribution < 1.29 is 19.1 Å². The first-order valence-corrected chi connectivity index (χ1v) is 11.4. The van der Waals surface area contributed by atoms with Gasteiger partial charge in [0.05, 0.1) is 24.3 Å². The molecule has 4 rings (SSSR count). The van der Waals surface area contributed by atoms with Gasteiger partial charge in [-0.25, -0.2) is 0 Å². The maximum absolute atomic E-state index is 13.3. The summed E-state index contributed by atoms with van der Waals surface area (Å²) in [6.07, 6.45) is 1.73. The van der Waals surface area contributed by atoms with E-state index in [1.165, 1.54) is 10.5 Å². The zero-order valence-electron chi connectivity index (χ0n) is 19.3. The lowest BCUT2D eigenvalue weighted by Crippen LogP contribution is -2.35. The lowest BCUT2D eigenvalue weighted by Gasteiger charge is -2.23. The van der Waals surface area contributed by atoms with E-state index >= 15 is 0 Å². The molecule has 1 heterocycles. The minimum atomic E-state index is -0.306. The molecule has 34 heavy (non-hydrogen) atoms. The Balaban J connectivity index is 1.44. The topological polar surface area (TPSA) is 66.9 Å². The molecule has 0 aliphatic carbocycles. The number of ether oxygens (including phenoxy) is 1. The number of hydrogen-bond donors (Lipinski definition) is 0. The van der Waals surface area contributed by atoms with Crippen LogP contribution in [0.4, 0.5) is 0 Å². The third-order valence-corrected chi connectivity index (χ3v) is 5.98. The largest absolute Gasteiger partial charge is 0.383 e. The highest BCUT2D eigenvalue weighted by atomic mass is 16.5. The van der Waals surface area contributed by atoms with E-state index in [2.05, 4.69) is 12.1 Å². The Morgan fingerprint density at radius 1 is 0.824 bits per heavy atom. The van der Waals surface area contributed by atoms with Gasteiger partial charge in [-0.2, -0.15) is 0 Å². The third-order valence-electron chi connectivity index (χ3n) is 5.98. The SMILES string of the molecule is COCCN(CCCc1ccccc1)C(=O)c1cccc(CN2C(=O)c3ccccc3C2=O)c1. The Morgan fingerprint density at radius 2 is 1.47 bits per heavy atom. The average Bonchev–Trinajstić information content (AvgIpc) is 3.11. The second kappa shape index (κ2) is 10.9. The molecule has 0 N–H and O–H groups in total. The van der Waals surface area contributed by atoms with Crippen LogP contribution in [-0.4, -0.2) is 54.3 Å². The Morgan fingerprint density at radius 3 is 2.15 bits per heavy atom. The maximum Gasteiger partial charge on any atom is 0.261 e. The summed E-state index contributed by atoms with van der Waals surface area (Å²) in [5, 5.41) is 0. The number of nitrogens with zero attached hydrogens (tertiary/aromatic N) is 2. The van der Waals surface area contributed by atoms with Crippen LogP contribution in [0.1, 0.15) is 48.6 Å². The first-order valence-electron chi connectivity index (χ1n) is 11.4. The van der Waals surface area contributed by atoms with Crippen molar-refractivity contribution in [3.63, 3.8) is 0 Å². The van der Waals surface area contributed by atoms with Crippen molar-refractivity contribution in [1.82, 2.24) is 9.80 Å². The van der Waals surface area contributed by atoms with Gasteiger partial charge in [-0.15, -0.1) is 0 Å². The summed E-state index contributed by atoms with van der Waals surface area (Å²) in [6.45, 7) is 1.68. The zero-order chi connectivity index (χ0) is 23.9. The molecular weight excluding hydrogens is 428 g/mol. The summed E-state index contributed by atoms with van der Waals surface area (Å²) in [5.74, 6) is -0.700. The molecule has 0 aromatic heterocycles. The van der Waals surface area contributed by atoms with Crippen molar-refractivity contribution in [3.8, 4) is 0 Å². The van der Waals surface area contributed by atoms with Gasteiger partial charge < -0.3 is 9.64 Å². The third kappa shape index (κ3) is 5.24. The van der Waals surface area contributed by atoms with Gasteiger partial charge in [-0.3, -0.25) is 19.3 Å². The van der Waals surface area contributed by atoms with E-state index in [9.17, 15) is 14.4 Å². The normalized spacial score (nSPS) is 12.7. The molecule has 0 fully saturated rings. The van der Waals surface area contributed by atoms with Crippen LogP contribution in [0.25, 0.3) is 0 Å². The number of benzene rings is 3. The van der Waals surface area contributed by atoms with Gasteiger partial charge in [0, 0.05) is 25.8 Å². The molecule has 3 aromatic carbocycles. The van der Waals surface area contributed by atoms with Crippen LogP contribution in [-0.2, 0) is 17.7 Å². The van der Waals surface area contributed by atoms with E-state index in [4.69, 9.17) is 4.74 Å². The number of imide groups is 1. The van der Waals surface area contributed by atoms with E-state index in [1.807, 2.05) is 24.3 Å². The highest BCUT2D eigenvalue weighted by Crippen LogP contribution is 2.24. The lowest BCUT2D eigenvalue weighted by atomic mass is 10.1. The van der Waals surface area contributed by atoms with Crippen molar-refractivity contribution in [1.29, 1.82) is 0 Å². The first kappa shape index (κ1) is 23.4.